The number of aryl methyl sites for hydroxylation is 1. The molecule has 0 bridgehead atoms. The third-order valence-corrected chi connectivity index (χ3v) is 5.20. The minimum absolute atomic E-state index is 0.523. The molecule has 1 aromatic heterocycles. The van der Waals surface area contributed by atoms with Gasteiger partial charge in [0, 0.05) is 42.9 Å². The normalized spacial score (nSPS) is 22.6. The first kappa shape index (κ1) is 15.9. The molecule has 0 saturated heterocycles. The summed E-state index contributed by atoms with van der Waals surface area (Å²) >= 11 is 6.23. The van der Waals surface area contributed by atoms with E-state index in [1.54, 1.807) is 0 Å². The van der Waals surface area contributed by atoms with Crippen LogP contribution >= 0.6 is 11.6 Å². The molecule has 1 fully saturated rings. The van der Waals surface area contributed by atoms with Crippen LogP contribution in [0.1, 0.15) is 42.2 Å². The molecule has 0 radical (unpaired) electrons. The summed E-state index contributed by atoms with van der Waals surface area (Å²) in [6.45, 7) is 3.40. The minimum Gasteiger partial charge on any atom is -0.493 e. The zero-order valence-electron chi connectivity index (χ0n) is 13.8. The quantitative estimate of drug-likeness (QED) is 0.897. The van der Waals surface area contributed by atoms with E-state index < -0.39 is 0 Å². The number of hydrogen-bond acceptors (Lipinski definition) is 5. The van der Waals surface area contributed by atoms with Crippen LogP contribution < -0.4 is 10.1 Å². The van der Waals surface area contributed by atoms with Crippen LogP contribution in [0.5, 0.6) is 5.75 Å². The highest BCUT2D eigenvalue weighted by atomic mass is 35.5. The van der Waals surface area contributed by atoms with Crippen molar-refractivity contribution in [3.8, 4) is 5.75 Å². The fourth-order valence-electron chi connectivity index (χ4n) is 3.84. The first-order valence-corrected chi connectivity index (χ1v) is 9.01. The minimum atomic E-state index is 0.523. The molecule has 1 saturated carbocycles. The Morgan fingerprint density at radius 3 is 3.04 bits per heavy atom. The van der Waals surface area contributed by atoms with Crippen molar-refractivity contribution >= 4 is 11.6 Å². The smallest absolute Gasteiger partial charge is 0.216 e. The van der Waals surface area contributed by atoms with Crippen LogP contribution in [0.3, 0.4) is 0 Å². The summed E-state index contributed by atoms with van der Waals surface area (Å²) in [5.41, 5.74) is 2.40. The second kappa shape index (κ2) is 6.73. The molecular formula is C18H22ClN3O2. The van der Waals surface area contributed by atoms with Crippen molar-refractivity contribution in [2.75, 3.05) is 6.61 Å². The van der Waals surface area contributed by atoms with E-state index in [9.17, 15) is 0 Å². The number of benzene rings is 1. The number of aromatic nitrogens is 2. The second-order valence-corrected chi connectivity index (χ2v) is 7.26. The second-order valence-electron chi connectivity index (χ2n) is 6.83. The van der Waals surface area contributed by atoms with E-state index in [1.165, 1.54) is 24.0 Å². The molecule has 2 aromatic rings. The largest absolute Gasteiger partial charge is 0.493 e. The number of halogens is 1. The van der Waals surface area contributed by atoms with Gasteiger partial charge in [-0.2, -0.15) is 0 Å². The maximum atomic E-state index is 6.23. The highest BCUT2D eigenvalue weighted by Gasteiger charge is 2.26. The third kappa shape index (κ3) is 3.42. The maximum absolute atomic E-state index is 6.23. The number of nitrogens with zero attached hydrogens (tertiary/aromatic N) is 2. The van der Waals surface area contributed by atoms with Crippen molar-refractivity contribution in [2.24, 2.45) is 5.92 Å². The van der Waals surface area contributed by atoms with Gasteiger partial charge in [0.05, 0.1) is 6.61 Å². The van der Waals surface area contributed by atoms with Gasteiger partial charge in [-0.05, 0) is 42.9 Å². The van der Waals surface area contributed by atoms with Crippen LogP contribution in [0, 0.1) is 12.8 Å². The summed E-state index contributed by atoms with van der Waals surface area (Å²) in [6.07, 6.45) is 5.36. The summed E-state index contributed by atoms with van der Waals surface area (Å²) in [6, 6.07) is 4.56. The summed E-state index contributed by atoms with van der Waals surface area (Å²) in [5, 5.41) is 12.5. The average molecular weight is 348 g/mol. The van der Waals surface area contributed by atoms with Crippen LogP contribution in [0.15, 0.2) is 16.5 Å². The molecule has 0 amide bonds. The third-order valence-electron chi connectivity index (χ3n) is 4.98. The lowest BCUT2D eigenvalue weighted by atomic mass is 10.0. The van der Waals surface area contributed by atoms with E-state index in [1.807, 2.05) is 19.1 Å². The van der Waals surface area contributed by atoms with Gasteiger partial charge in [0.15, 0.2) is 0 Å². The Kier molecular flexibility index (Phi) is 4.46. The Labute approximate surface area is 146 Å². The lowest BCUT2D eigenvalue weighted by Gasteiger charge is -2.15. The van der Waals surface area contributed by atoms with Gasteiger partial charge in [-0.3, -0.25) is 0 Å². The zero-order valence-corrected chi connectivity index (χ0v) is 14.6. The van der Waals surface area contributed by atoms with Gasteiger partial charge in [0.1, 0.15) is 5.75 Å². The first-order chi connectivity index (χ1) is 11.7. The fourth-order valence-corrected chi connectivity index (χ4v) is 4.11. The van der Waals surface area contributed by atoms with E-state index >= 15 is 0 Å². The Balaban J connectivity index is 1.33. The van der Waals surface area contributed by atoms with Crippen molar-refractivity contribution in [1.29, 1.82) is 0 Å². The number of ether oxygens (including phenoxy) is 1. The van der Waals surface area contributed by atoms with Crippen molar-refractivity contribution in [3.05, 3.63) is 40.1 Å². The Morgan fingerprint density at radius 2 is 2.21 bits per heavy atom. The standard InChI is InChI=1S/C18H22ClN3O2/c1-11-21-22-17(24-11)7-12-2-3-16(6-12)20-10-14-9-15(19)8-13-4-5-23-18(13)14/h8-9,12,16,20H,2-7,10H2,1H3/t12-,16+/m1/s1. The van der Waals surface area contributed by atoms with Crippen LogP contribution in [0.2, 0.25) is 5.02 Å². The molecule has 2 atom stereocenters. The monoisotopic (exact) mass is 347 g/mol. The predicted molar refractivity (Wildman–Crippen MR) is 91.4 cm³/mol. The lowest BCUT2D eigenvalue weighted by molar-refractivity contribution is 0.351. The van der Waals surface area contributed by atoms with Gasteiger partial charge < -0.3 is 14.5 Å². The van der Waals surface area contributed by atoms with Crippen molar-refractivity contribution < 1.29 is 9.15 Å². The summed E-state index contributed by atoms with van der Waals surface area (Å²) < 4.78 is 11.3. The van der Waals surface area contributed by atoms with Crippen LogP contribution in [0.4, 0.5) is 0 Å². The van der Waals surface area contributed by atoms with Gasteiger partial charge in [0.2, 0.25) is 11.8 Å². The number of hydrogen-bond donors (Lipinski definition) is 1. The van der Waals surface area contributed by atoms with E-state index in [0.29, 0.717) is 17.9 Å². The van der Waals surface area contributed by atoms with E-state index in [-0.39, 0.29) is 0 Å². The van der Waals surface area contributed by atoms with Crippen LogP contribution in [0.25, 0.3) is 0 Å². The molecule has 6 heteroatoms. The van der Waals surface area contributed by atoms with E-state index in [2.05, 4.69) is 15.5 Å². The van der Waals surface area contributed by atoms with E-state index in [4.69, 9.17) is 20.8 Å². The molecule has 5 nitrogen and oxygen atoms in total. The average Bonchev–Trinajstić information content (AvgIpc) is 3.26. The summed E-state index contributed by atoms with van der Waals surface area (Å²) in [4.78, 5) is 0. The molecule has 0 unspecified atom stereocenters. The molecule has 0 spiro atoms. The number of nitrogens with one attached hydrogen (secondary N) is 1. The van der Waals surface area contributed by atoms with E-state index in [0.717, 1.165) is 49.1 Å². The van der Waals surface area contributed by atoms with Crippen LogP contribution in [-0.4, -0.2) is 22.8 Å². The van der Waals surface area contributed by atoms with Gasteiger partial charge in [-0.15, -0.1) is 10.2 Å². The fraction of sp³-hybridized carbons (Fsp3) is 0.556. The molecule has 1 aromatic carbocycles. The Bertz CT molecular complexity index is 731. The molecular weight excluding hydrogens is 326 g/mol. The predicted octanol–water partition coefficient (Wildman–Crippen LogP) is 3.47. The number of fused-ring (bicyclic) bond motifs is 1. The first-order valence-electron chi connectivity index (χ1n) is 8.64. The van der Waals surface area contributed by atoms with Crippen molar-refractivity contribution in [3.63, 3.8) is 0 Å². The van der Waals surface area contributed by atoms with Crippen molar-refractivity contribution in [1.82, 2.24) is 15.5 Å². The zero-order chi connectivity index (χ0) is 16.5. The summed E-state index contributed by atoms with van der Waals surface area (Å²) in [7, 11) is 0. The molecule has 1 N–H and O–H groups in total. The van der Waals surface area contributed by atoms with Crippen molar-refractivity contribution in [2.45, 2.75) is 51.6 Å². The summed E-state index contributed by atoms with van der Waals surface area (Å²) in [5.74, 6) is 3.05. The highest BCUT2D eigenvalue weighted by molar-refractivity contribution is 6.30. The highest BCUT2D eigenvalue weighted by Crippen LogP contribution is 2.34. The molecule has 4 rings (SSSR count). The van der Waals surface area contributed by atoms with Gasteiger partial charge in [-0.1, -0.05) is 11.6 Å². The van der Waals surface area contributed by atoms with Gasteiger partial charge in [0.25, 0.3) is 0 Å². The topological polar surface area (TPSA) is 60.2 Å². The molecule has 128 valence electrons. The molecule has 1 aliphatic carbocycles. The van der Waals surface area contributed by atoms with Gasteiger partial charge >= 0.3 is 0 Å². The maximum Gasteiger partial charge on any atom is 0.216 e. The molecule has 2 heterocycles. The van der Waals surface area contributed by atoms with Gasteiger partial charge in [-0.25, -0.2) is 0 Å². The SMILES string of the molecule is Cc1nnc(C[C@@H]2CC[C@H](NCc3cc(Cl)cc4c3OCC4)C2)o1. The lowest BCUT2D eigenvalue weighted by Crippen LogP contribution is -2.26. The van der Waals surface area contributed by atoms with Crippen LogP contribution in [-0.2, 0) is 19.4 Å². The molecule has 1 aliphatic heterocycles. The molecule has 24 heavy (non-hydrogen) atoms. The Hall–Kier alpha value is -1.59. The number of rotatable bonds is 5. The Morgan fingerprint density at radius 1 is 1.29 bits per heavy atom. The molecule has 2 aliphatic rings.